The molecule has 1 heterocycles. The van der Waals surface area contributed by atoms with Gasteiger partial charge in [-0.15, -0.1) is 0 Å². The molecule has 32 heavy (non-hydrogen) atoms. The Kier molecular flexibility index (Phi) is 9.16. The fraction of sp³-hybridized carbons (Fsp3) is 0.565. The number of halogens is 1. The van der Waals surface area contributed by atoms with Gasteiger partial charge in [0.25, 0.3) is 0 Å². The first-order valence-electron chi connectivity index (χ1n) is 10.8. The number of anilines is 1. The maximum Gasteiger partial charge on any atom is 0.408 e. The molecule has 0 aliphatic carbocycles. The van der Waals surface area contributed by atoms with E-state index >= 15 is 0 Å². The number of hydrogen-bond acceptors (Lipinski definition) is 6. The Morgan fingerprint density at radius 2 is 2.06 bits per heavy atom. The molecule has 1 aromatic carbocycles. The van der Waals surface area contributed by atoms with Crippen LogP contribution < -0.4 is 10.6 Å². The van der Waals surface area contributed by atoms with Crippen molar-refractivity contribution in [3.8, 4) is 12.1 Å². The summed E-state index contributed by atoms with van der Waals surface area (Å²) >= 11 is 6.05. The SMILES string of the molecule is CC(C)(C)OC(=O)N[C@@H](CCCCNc1ccc(C#N)c(Cl)c1)C(=O)N1CCC[C@H]1C#N. The van der Waals surface area contributed by atoms with Crippen molar-refractivity contribution >= 4 is 29.3 Å². The molecule has 0 radical (unpaired) electrons. The lowest BCUT2D eigenvalue weighted by molar-refractivity contribution is -0.133. The third-order valence-electron chi connectivity index (χ3n) is 5.01. The van der Waals surface area contributed by atoms with Gasteiger partial charge in [0.05, 0.1) is 16.7 Å². The zero-order chi connectivity index (χ0) is 23.7. The van der Waals surface area contributed by atoms with Crippen molar-refractivity contribution in [1.82, 2.24) is 10.2 Å². The predicted molar refractivity (Wildman–Crippen MR) is 122 cm³/mol. The first-order chi connectivity index (χ1) is 15.1. The minimum atomic E-state index is -0.747. The van der Waals surface area contributed by atoms with Crippen LogP contribution in [0.5, 0.6) is 0 Å². The van der Waals surface area contributed by atoms with E-state index in [4.69, 9.17) is 21.6 Å². The van der Waals surface area contributed by atoms with E-state index in [0.717, 1.165) is 18.5 Å². The number of hydrogen-bond donors (Lipinski definition) is 2. The summed E-state index contributed by atoms with van der Waals surface area (Å²) in [6.07, 6.45) is 2.64. The molecule has 2 atom stereocenters. The van der Waals surface area contributed by atoms with Crippen LogP contribution in [0.4, 0.5) is 10.5 Å². The Bertz CT molecular complexity index is 900. The second-order valence-corrected chi connectivity index (χ2v) is 9.15. The number of nitrogens with zero attached hydrogens (tertiary/aromatic N) is 3. The molecule has 0 spiro atoms. The number of nitriles is 2. The third-order valence-corrected chi connectivity index (χ3v) is 5.32. The summed E-state index contributed by atoms with van der Waals surface area (Å²) in [5, 5.41) is 24.6. The van der Waals surface area contributed by atoms with Crippen molar-refractivity contribution < 1.29 is 14.3 Å². The van der Waals surface area contributed by atoms with E-state index in [-0.39, 0.29) is 5.91 Å². The molecule has 1 saturated heterocycles. The van der Waals surface area contributed by atoms with Crippen LogP contribution in [0.1, 0.15) is 58.4 Å². The normalized spacial score (nSPS) is 16.6. The summed E-state index contributed by atoms with van der Waals surface area (Å²) in [4.78, 5) is 26.9. The van der Waals surface area contributed by atoms with Gasteiger partial charge in [-0.2, -0.15) is 10.5 Å². The molecule has 0 bridgehead atoms. The Hall–Kier alpha value is -2.97. The second-order valence-electron chi connectivity index (χ2n) is 8.75. The summed E-state index contributed by atoms with van der Waals surface area (Å²) in [6, 6.07) is 8.14. The van der Waals surface area contributed by atoms with E-state index in [1.54, 1.807) is 43.9 Å². The zero-order valence-electron chi connectivity index (χ0n) is 18.8. The quantitative estimate of drug-likeness (QED) is 0.562. The van der Waals surface area contributed by atoms with Crippen LogP contribution in [0.15, 0.2) is 18.2 Å². The smallest absolute Gasteiger partial charge is 0.408 e. The highest BCUT2D eigenvalue weighted by molar-refractivity contribution is 6.32. The monoisotopic (exact) mass is 459 g/mol. The summed E-state index contributed by atoms with van der Waals surface area (Å²) < 4.78 is 5.32. The molecule has 1 aliphatic rings. The largest absolute Gasteiger partial charge is 0.444 e. The minimum Gasteiger partial charge on any atom is -0.444 e. The molecule has 2 amide bonds. The number of nitrogens with one attached hydrogen (secondary N) is 2. The van der Waals surface area contributed by atoms with Crippen molar-refractivity contribution in [2.75, 3.05) is 18.4 Å². The van der Waals surface area contributed by atoms with Gasteiger partial charge in [0.15, 0.2) is 0 Å². The Labute approximate surface area is 194 Å². The van der Waals surface area contributed by atoms with Crippen molar-refractivity contribution in [3.05, 3.63) is 28.8 Å². The van der Waals surface area contributed by atoms with Crippen LogP contribution in [0.2, 0.25) is 5.02 Å². The number of carbonyl (C=O) groups is 2. The average Bonchev–Trinajstić information content (AvgIpc) is 3.19. The van der Waals surface area contributed by atoms with Crippen LogP contribution in [-0.4, -0.2) is 47.7 Å². The summed E-state index contributed by atoms with van der Waals surface area (Å²) in [5.74, 6) is -0.244. The standard InChI is InChI=1S/C23H30ClN5O3/c1-23(2,3)32-22(31)28-20(21(30)29-12-6-7-18(29)15-26)8-4-5-11-27-17-10-9-16(14-25)19(24)13-17/h9-10,13,18,20,27H,4-8,11-12H2,1-3H3,(H,28,31)/t18-,20-/m0/s1. The minimum absolute atomic E-state index is 0.244. The lowest BCUT2D eigenvalue weighted by atomic mass is 10.1. The van der Waals surface area contributed by atoms with Crippen molar-refractivity contribution in [2.24, 2.45) is 0 Å². The lowest BCUT2D eigenvalue weighted by Crippen LogP contribution is -2.50. The number of rotatable bonds is 8. The number of carbonyl (C=O) groups excluding carboxylic acids is 2. The molecule has 1 aromatic rings. The van der Waals surface area contributed by atoms with Crippen molar-refractivity contribution in [1.29, 1.82) is 10.5 Å². The molecule has 9 heteroatoms. The van der Waals surface area contributed by atoms with Crippen LogP contribution >= 0.6 is 11.6 Å². The van der Waals surface area contributed by atoms with Crippen LogP contribution in [0, 0.1) is 22.7 Å². The van der Waals surface area contributed by atoms with Crippen molar-refractivity contribution in [3.63, 3.8) is 0 Å². The Morgan fingerprint density at radius 3 is 2.69 bits per heavy atom. The number of likely N-dealkylation sites (tertiary alicyclic amines) is 1. The number of unbranched alkanes of at least 4 members (excludes halogenated alkanes) is 1. The predicted octanol–water partition coefficient (Wildman–Crippen LogP) is 4.20. The van der Waals surface area contributed by atoms with Gasteiger partial charge in [-0.05, 0) is 71.1 Å². The number of benzene rings is 1. The molecule has 0 unspecified atom stereocenters. The van der Waals surface area contributed by atoms with Gasteiger partial charge in [0.2, 0.25) is 5.91 Å². The Balaban J connectivity index is 1.92. The maximum atomic E-state index is 13.0. The first-order valence-corrected chi connectivity index (χ1v) is 11.2. The van der Waals surface area contributed by atoms with Gasteiger partial charge < -0.3 is 20.3 Å². The van der Waals surface area contributed by atoms with Gasteiger partial charge in [-0.3, -0.25) is 4.79 Å². The fourth-order valence-electron chi connectivity index (χ4n) is 3.49. The molecule has 1 fully saturated rings. The Morgan fingerprint density at radius 1 is 1.31 bits per heavy atom. The summed E-state index contributed by atoms with van der Waals surface area (Å²) in [7, 11) is 0. The van der Waals surface area contributed by atoms with E-state index in [0.29, 0.717) is 42.9 Å². The fourth-order valence-corrected chi connectivity index (χ4v) is 3.72. The van der Waals surface area contributed by atoms with E-state index in [1.165, 1.54) is 0 Å². The molecule has 2 N–H and O–H groups in total. The van der Waals surface area contributed by atoms with Crippen LogP contribution in [0.25, 0.3) is 0 Å². The number of amides is 2. The highest BCUT2D eigenvalue weighted by Crippen LogP contribution is 2.21. The van der Waals surface area contributed by atoms with Crippen LogP contribution in [0.3, 0.4) is 0 Å². The topological polar surface area (TPSA) is 118 Å². The maximum absolute atomic E-state index is 13.0. The summed E-state index contributed by atoms with van der Waals surface area (Å²) in [5.41, 5.74) is 0.555. The van der Waals surface area contributed by atoms with Gasteiger partial charge in [-0.1, -0.05) is 11.6 Å². The van der Waals surface area contributed by atoms with Crippen molar-refractivity contribution in [2.45, 2.75) is 70.6 Å². The molecule has 2 rings (SSSR count). The highest BCUT2D eigenvalue weighted by Gasteiger charge is 2.34. The molecule has 1 aliphatic heterocycles. The second kappa shape index (κ2) is 11.6. The zero-order valence-corrected chi connectivity index (χ0v) is 19.5. The first kappa shape index (κ1) is 25.3. The molecular weight excluding hydrogens is 430 g/mol. The molecule has 172 valence electrons. The van der Waals surface area contributed by atoms with E-state index in [1.807, 2.05) is 6.07 Å². The number of ether oxygens (including phenoxy) is 1. The van der Waals surface area contributed by atoms with E-state index in [2.05, 4.69) is 16.7 Å². The third kappa shape index (κ3) is 7.62. The average molecular weight is 460 g/mol. The van der Waals surface area contributed by atoms with Gasteiger partial charge in [-0.25, -0.2) is 4.79 Å². The van der Waals surface area contributed by atoms with E-state index in [9.17, 15) is 14.9 Å². The van der Waals surface area contributed by atoms with Gasteiger partial charge in [0.1, 0.15) is 23.8 Å². The highest BCUT2D eigenvalue weighted by atomic mass is 35.5. The lowest BCUT2D eigenvalue weighted by Gasteiger charge is -2.27. The van der Waals surface area contributed by atoms with Gasteiger partial charge >= 0.3 is 6.09 Å². The van der Waals surface area contributed by atoms with Crippen LogP contribution in [-0.2, 0) is 9.53 Å². The van der Waals surface area contributed by atoms with Gasteiger partial charge in [0, 0.05) is 18.8 Å². The molecule has 0 saturated carbocycles. The molecular formula is C23H30ClN5O3. The molecule has 8 nitrogen and oxygen atoms in total. The van der Waals surface area contributed by atoms with E-state index < -0.39 is 23.8 Å². The molecule has 0 aromatic heterocycles. The number of alkyl carbamates (subject to hydrolysis) is 1. The summed E-state index contributed by atoms with van der Waals surface area (Å²) in [6.45, 7) is 6.44.